The Hall–Kier alpha value is -5.23. The maximum Gasteiger partial charge on any atom is 0.330 e. The summed E-state index contributed by atoms with van der Waals surface area (Å²) in [6.45, 7) is 19.2. The Morgan fingerprint density at radius 1 is 0.623 bits per heavy atom. The zero-order valence-electron chi connectivity index (χ0n) is 30.9. The van der Waals surface area contributed by atoms with Gasteiger partial charge in [0.15, 0.2) is 0 Å². The topological polar surface area (TPSA) is 200 Å². The van der Waals surface area contributed by atoms with E-state index in [1.807, 2.05) is 6.92 Å². The van der Waals surface area contributed by atoms with Crippen LogP contribution < -0.4 is 0 Å². The Bertz CT molecular complexity index is 1330. The van der Waals surface area contributed by atoms with Gasteiger partial charge in [0.25, 0.3) is 6.26 Å². The molecule has 1 aliphatic carbocycles. The van der Waals surface area contributed by atoms with Crippen molar-refractivity contribution in [1.82, 2.24) is 0 Å². The van der Waals surface area contributed by atoms with Crippen molar-refractivity contribution >= 4 is 35.8 Å². The summed E-state index contributed by atoms with van der Waals surface area (Å²) in [7, 11) is 0. The maximum absolute atomic E-state index is 13.2. The molecule has 0 radical (unpaired) electrons. The minimum atomic E-state index is -1.53. The highest BCUT2D eigenvalue weighted by molar-refractivity contribution is 5.83. The molecule has 292 valence electrons. The van der Waals surface area contributed by atoms with Crippen LogP contribution in [0.15, 0.2) is 63.3 Å². The van der Waals surface area contributed by atoms with Gasteiger partial charge in [-0.3, -0.25) is 4.79 Å². The Morgan fingerprint density at radius 3 is 1.32 bits per heavy atom. The molecule has 15 nitrogen and oxygen atoms in total. The molecule has 53 heavy (non-hydrogen) atoms. The lowest BCUT2D eigenvalue weighted by Crippen LogP contribution is -2.47. The largest absolute Gasteiger partial charge is 0.465 e. The second kappa shape index (κ2) is 22.0. The average molecular weight is 746 g/mol. The average Bonchev–Trinajstić information content (AvgIpc) is 3.13. The van der Waals surface area contributed by atoms with Crippen LogP contribution in [0, 0.1) is 33.2 Å². The van der Waals surface area contributed by atoms with Crippen LogP contribution >= 0.6 is 0 Å². The molecule has 0 aliphatic heterocycles. The molecule has 15 heteroatoms. The van der Waals surface area contributed by atoms with Crippen molar-refractivity contribution in [2.45, 2.75) is 59.0 Å². The summed E-state index contributed by atoms with van der Waals surface area (Å²) < 4.78 is 43.3. The van der Waals surface area contributed by atoms with Crippen molar-refractivity contribution in [2.24, 2.45) is 21.7 Å². The lowest BCUT2D eigenvalue weighted by molar-refractivity contribution is -0.171. The maximum atomic E-state index is 13.2. The Kier molecular flexibility index (Phi) is 19.0. The lowest BCUT2D eigenvalue weighted by atomic mass is 9.62. The van der Waals surface area contributed by atoms with Crippen molar-refractivity contribution in [3.8, 4) is 6.26 Å². The molecule has 1 rings (SSSR count). The third-order valence-electron chi connectivity index (χ3n) is 8.35. The highest BCUT2D eigenvalue weighted by atomic mass is 16.6. The van der Waals surface area contributed by atoms with Gasteiger partial charge in [-0.15, -0.1) is 0 Å². The summed E-state index contributed by atoms with van der Waals surface area (Å²) in [5.74, 6) is -4.81. The van der Waals surface area contributed by atoms with Gasteiger partial charge in [0.2, 0.25) is 0 Å². The highest BCUT2D eigenvalue weighted by Gasteiger charge is 2.43. The van der Waals surface area contributed by atoms with E-state index in [-0.39, 0.29) is 23.4 Å². The monoisotopic (exact) mass is 745 g/mol. The van der Waals surface area contributed by atoms with Gasteiger partial charge < -0.3 is 37.9 Å². The second-order valence-electron chi connectivity index (χ2n) is 14.1. The van der Waals surface area contributed by atoms with E-state index in [1.165, 1.54) is 0 Å². The molecule has 0 N–H and O–H groups in total. The molecule has 0 spiro atoms. The minimum Gasteiger partial charge on any atom is -0.465 e. The lowest BCUT2D eigenvalue weighted by Gasteiger charge is -2.45. The molecule has 0 aromatic heterocycles. The number of nitrogens with zero attached hydrogens (tertiary/aromatic N) is 1. The fourth-order valence-corrected chi connectivity index (χ4v) is 6.00. The molecule has 0 aromatic rings. The highest BCUT2D eigenvalue weighted by Crippen LogP contribution is 2.49. The molecule has 2 atom stereocenters. The molecule has 0 aromatic carbocycles. The number of esters is 6. The van der Waals surface area contributed by atoms with E-state index in [1.54, 1.807) is 6.26 Å². The molecular weight excluding hydrogens is 694 g/mol. The Labute approximate surface area is 310 Å². The number of carbonyl (C=O) groups excluding carboxylic acids is 6. The van der Waals surface area contributed by atoms with Crippen molar-refractivity contribution in [1.29, 1.82) is 5.26 Å². The predicted octanol–water partition coefficient (Wildman–Crippen LogP) is 4.03. The van der Waals surface area contributed by atoms with Crippen molar-refractivity contribution in [3.05, 3.63) is 63.3 Å². The van der Waals surface area contributed by atoms with Gasteiger partial charge >= 0.3 is 35.8 Å². The van der Waals surface area contributed by atoms with Crippen LogP contribution in [0.5, 0.6) is 0 Å². The second-order valence-corrected chi connectivity index (χ2v) is 14.1. The van der Waals surface area contributed by atoms with E-state index >= 15 is 0 Å². The molecule has 1 aliphatic rings. The molecule has 1 fully saturated rings. The fraction of sp³-hybridized carbons (Fsp3) is 0.553. The minimum absolute atomic E-state index is 0.0111. The van der Waals surface area contributed by atoms with Crippen LogP contribution in [0.1, 0.15) is 52.9 Å². The van der Waals surface area contributed by atoms with Gasteiger partial charge in [-0.1, -0.05) is 53.7 Å². The SMILES string of the molecule is C=CC(=O)OCC(COCC(COC(=O)C=C)(COC(=O)C=C)COC(=O)CCC1(C)CC(OC#N)CC(C)(C)C1)(COC(=O)C=C)COC(=O)C=C. The fourth-order valence-electron chi connectivity index (χ4n) is 6.00. The first-order chi connectivity index (χ1) is 24.9. The summed E-state index contributed by atoms with van der Waals surface area (Å²) in [5.41, 5.74) is -3.54. The van der Waals surface area contributed by atoms with Crippen LogP contribution in [-0.2, 0) is 66.7 Å². The van der Waals surface area contributed by atoms with Gasteiger partial charge in [-0.25, -0.2) is 24.0 Å². The normalized spacial score (nSPS) is 17.7. The molecule has 0 heterocycles. The third kappa shape index (κ3) is 17.2. The molecule has 0 bridgehead atoms. The van der Waals surface area contributed by atoms with Gasteiger partial charge in [0, 0.05) is 36.8 Å². The number of rotatable bonds is 25. The summed E-state index contributed by atoms with van der Waals surface area (Å²) in [4.78, 5) is 73.7. The first kappa shape index (κ1) is 45.8. The molecular formula is C38H51NO14. The standard InChI is InChI=1S/C38H51NO14/c1-9-29(40)47-21-37(22-48-30(41)10-2,23-49-31(42)11-3)19-46-20-38(24-50-32(43)12-4,25-51-33(44)13-5)26-52-34(45)14-15-36(8)17-28(53-27-39)16-35(6,7)18-36/h9-13,28H,1-5,14-26H2,6-8H3. The van der Waals surface area contributed by atoms with E-state index in [9.17, 15) is 28.8 Å². The first-order valence-corrected chi connectivity index (χ1v) is 16.7. The zero-order chi connectivity index (χ0) is 40.1. The smallest absolute Gasteiger partial charge is 0.330 e. The number of nitriles is 1. The number of hydrogen-bond donors (Lipinski definition) is 0. The molecule has 0 amide bonds. The van der Waals surface area contributed by atoms with E-state index < -0.39 is 99.5 Å². The quantitative estimate of drug-likeness (QED) is 0.0561. The zero-order valence-corrected chi connectivity index (χ0v) is 30.9. The molecule has 1 saturated carbocycles. The summed E-state index contributed by atoms with van der Waals surface area (Å²) in [5, 5.41) is 9.09. The Balaban J connectivity index is 3.39. The summed E-state index contributed by atoms with van der Waals surface area (Å²) >= 11 is 0. The van der Waals surface area contributed by atoms with Crippen LogP contribution in [0.3, 0.4) is 0 Å². The van der Waals surface area contributed by atoms with Gasteiger partial charge in [0.05, 0.1) is 24.0 Å². The van der Waals surface area contributed by atoms with E-state index in [0.717, 1.165) is 36.8 Å². The summed E-state index contributed by atoms with van der Waals surface area (Å²) in [6.07, 6.45) is 8.42. The Morgan fingerprint density at radius 2 is 0.981 bits per heavy atom. The van der Waals surface area contributed by atoms with Gasteiger partial charge in [-0.2, -0.15) is 5.26 Å². The van der Waals surface area contributed by atoms with Crippen molar-refractivity contribution in [2.75, 3.05) is 52.9 Å². The van der Waals surface area contributed by atoms with E-state index in [4.69, 9.17) is 43.2 Å². The number of carbonyl (C=O) groups is 6. The van der Waals surface area contributed by atoms with Crippen LogP contribution in [0.4, 0.5) is 0 Å². The molecule has 0 saturated heterocycles. The third-order valence-corrected chi connectivity index (χ3v) is 8.35. The predicted molar refractivity (Wildman–Crippen MR) is 188 cm³/mol. The van der Waals surface area contributed by atoms with E-state index in [2.05, 4.69) is 46.7 Å². The van der Waals surface area contributed by atoms with E-state index in [0.29, 0.717) is 19.3 Å². The number of hydrogen-bond acceptors (Lipinski definition) is 15. The molecule has 2 unspecified atom stereocenters. The summed E-state index contributed by atoms with van der Waals surface area (Å²) in [6, 6.07) is 0. The van der Waals surface area contributed by atoms with Gasteiger partial charge in [-0.05, 0) is 36.5 Å². The van der Waals surface area contributed by atoms with Crippen molar-refractivity contribution in [3.63, 3.8) is 0 Å². The van der Waals surface area contributed by atoms with Crippen LogP contribution in [0.25, 0.3) is 0 Å². The van der Waals surface area contributed by atoms with Crippen LogP contribution in [0.2, 0.25) is 0 Å². The van der Waals surface area contributed by atoms with Crippen molar-refractivity contribution < 1.29 is 66.7 Å². The number of ether oxygens (including phenoxy) is 8. The van der Waals surface area contributed by atoms with Crippen LogP contribution in [-0.4, -0.2) is 94.8 Å². The van der Waals surface area contributed by atoms with Gasteiger partial charge in [0.1, 0.15) is 45.7 Å². The first-order valence-electron chi connectivity index (χ1n) is 16.7.